The normalized spacial score (nSPS) is 16.7. The van der Waals surface area contributed by atoms with Crippen molar-refractivity contribution in [3.8, 4) is 5.75 Å². The maximum Gasteiger partial charge on any atom is 0.225 e. The van der Waals surface area contributed by atoms with E-state index in [4.69, 9.17) is 9.73 Å². The molecule has 1 unspecified atom stereocenters. The van der Waals surface area contributed by atoms with E-state index >= 15 is 0 Å². The Labute approximate surface area is 192 Å². The molecule has 1 heterocycles. The van der Waals surface area contributed by atoms with E-state index in [2.05, 4.69) is 37.5 Å². The molecule has 164 valence electrons. The maximum atomic E-state index is 12.2. The van der Waals surface area contributed by atoms with E-state index < -0.39 is 0 Å². The fraction of sp³-hybridized carbons (Fsp3) is 0.636. The molecule has 0 saturated carbocycles. The smallest absolute Gasteiger partial charge is 0.225 e. The molecule has 0 radical (unpaired) electrons. The molecule has 1 aliphatic rings. The van der Waals surface area contributed by atoms with Crippen LogP contribution >= 0.6 is 24.0 Å². The van der Waals surface area contributed by atoms with Crippen molar-refractivity contribution in [1.29, 1.82) is 0 Å². The van der Waals surface area contributed by atoms with Crippen molar-refractivity contribution in [2.45, 2.75) is 53.6 Å². The molecule has 7 heteroatoms. The number of amides is 1. The van der Waals surface area contributed by atoms with Gasteiger partial charge in [-0.25, -0.2) is 4.99 Å². The summed E-state index contributed by atoms with van der Waals surface area (Å²) in [6.45, 7) is 13.8. The summed E-state index contributed by atoms with van der Waals surface area (Å²) in [6.07, 6.45) is 0.941. The molecule has 1 aromatic rings. The van der Waals surface area contributed by atoms with Gasteiger partial charge in [0.05, 0.1) is 13.2 Å². The highest BCUT2D eigenvalue weighted by Crippen LogP contribution is 2.20. The van der Waals surface area contributed by atoms with Crippen molar-refractivity contribution >= 4 is 35.8 Å². The van der Waals surface area contributed by atoms with E-state index in [1.54, 1.807) is 0 Å². The number of carbonyl (C=O) groups is 1. The topological polar surface area (TPSA) is 66.0 Å². The molecule has 0 spiro atoms. The Hall–Kier alpha value is -1.51. The largest absolute Gasteiger partial charge is 0.493 e. The number of hydrogen-bond acceptors (Lipinski definition) is 3. The first-order chi connectivity index (χ1) is 13.4. The highest BCUT2D eigenvalue weighted by molar-refractivity contribution is 14.0. The molecule has 2 N–H and O–H groups in total. The van der Waals surface area contributed by atoms with Gasteiger partial charge < -0.3 is 20.3 Å². The van der Waals surface area contributed by atoms with Crippen molar-refractivity contribution in [3.05, 3.63) is 29.8 Å². The lowest BCUT2D eigenvalue weighted by Crippen LogP contribution is -2.45. The standard InChI is InChI=1S/C22H36N4O2.HI/c1-6-23-22(25-19-11-12-26(14-19)21(27)17(4)5)24-13-18-9-7-8-10-20(18)28-15-16(2)3;/h7-10,16-17,19H,6,11-15H2,1-5H3,(H2,23,24,25);1H. The fourth-order valence-corrected chi connectivity index (χ4v) is 3.15. The van der Waals surface area contributed by atoms with Crippen LogP contribution in [-0.2, 0) is 11.3 Å². The summed E-state index contributed by atoms with van der Waals surface area (Å²) in [5.41, 5.74) is 1.07. The second-order valence-electron chi connectivity index (χ2n) is 8.08. The Kier molecular flexibility index (Phi) is 11.4. The van der Waals surface area contributed by atoms with Crippen molar-refractivity contribution in [3.63, 3.8) is 0 Å². The molecular formula is C22H37IN4O2. The van der Waals surface area contributed by atoms with Crippen LogP contribution in [0.4, 0.5) is 0 Å². The Balaban J connectivity index is 0.00000420. The first kappa shape index (κ1) is 25.5. The molecular weight excluding hydrogens is 479 g/mol. The summed E-state index contributed by atoms with van der Waals surface area (Å²) in [4.78, 5) is 18.9. The van der Waals surface area contributed by atoms with E-state index in [1.165, 1.54) is 0 Å². The number of carbonyl (C=O) groups excluding carboxylic acids is 1. The number of aliphatic imine (C=N–C) groups is 1. The van der Waals surface area contributed by atoms with Crippen molar-refractivity contribution in [2.24, 2.45) is 16.8 Å². The highest BCUT2D eigenvalue weighted by atomic mass is 127. The number of halogens is 1. The van der Waals surface area contributed by atoms with E-state index in [0.29, 0.717) is 19.1 Å². The van der Waals surface area contributed by atoms with E-state index in [1.807, 2.05) is 36.9 Å². The summed E-state index contributed by atoms with van der Waals surface area (Å²) in [5.74, 6) is 2.43. The average Bonchev–Trinajstić information content (AvgIpc) is 3.12. The minimum absolute atomic E-state index is 0. The van der Waals surface area contributed by atoms with Gasteiger partial charge >= 0.3 is 0 Å². The lowest BCUT2D eigenvalue weighted by Gasteiger charge is -2.20. The molecule has 6 nitrogen and oxygen atoms in total. The number of ether oxygens (including phenoxy) is 1. The lowest BCUT2D eigenvalue weighted by atomic mass is 10.2. The minimum atomic E-state index is 0. The van der Waals surface area contributed by atoms with Crippen LogP contribution in [0.1, 0.15) is 46.6 Å². The van der Waals surface area contributed by atoms with Crippen LogP contribution in [-0.4, -0.2) is 49.0 Å². The van der Waals surface area contributed by atoms with E-state index in [-0.39, 0.29) is 41.8 Å². The van der Waals surface area contributed by atoms with Gasteiger partial charge in [0.1, 0.15) is 5.75 Å². The molecule has 2 rings (SSSR count). The molecule has 0 bridgehead atoms. The summed E-state index contributed by atoms with van der Waals surface area (Å²) < 4.78 is 5.93. The second kappa shape index (κ2) is 12.9. The summed E-state index contributed by atoms with van der Waals surface area (Å²) >= 11 is 0. The van der Waals surface area contributed by atoms with Crippen LogP contribution in [0.5, 0.6) is 5.75 Å². The first-order valence-corrected chi connectivity index (χ1v) is 10.4. The van der Waals surface area contributed by atoms with Crippen LogP contribution in [0.15, 0.2) is 29.3 Å². The monoisotopic (exact) mass is 516 g/mol. The minimum Gasteiger partial charge on any atom is -0.493 e. The van der Waals surface area contributed by atoms with Crippen LogP contribution in [0.25, 0.3) is 0 Å². The average molecular weight is 516 g/mol. The Morgan fingerprint density at radius 2 is 2.00 bits per heavy atom. The van der Waals surface area contributed by atoms with E-state index in [9.17, 15) is 4.79 Å². The van der Waals surface area contributed by atoms with Crippen molar-refractivity contribution < 1.29 is 9.53 Å². The molecule has 1 saturated heterocycles. The number of guanidine groups is 1. The zero-order valence-electron chi connectivity index (χ0n) is 18.4. The van der Waals surface area contributed by atoms with Gasteiger partial charge in [-0.1, -0.05) is 45.9 Å². The third-order valence-corrected chi connectivity index (χ3v) is 4.63. The van der Waals surface area contributed by atoms with Crippen LogP contribution in [0, 0.1) is 11.8 Å². The third-order valence-electron chi connectivity index (χ3n) is 4.63. The molecule has 1 fully saturated rings. The molecule has 1 amide bonds. The van der Waals surface area contributed by atoms with E-state index in [0.717, 1.165) is 43.3 Å². The zero-order valence-corrected chi connectivity index (χ0v) is 20.7. The highest BCUT2D eigenvalue weighted by Gasteiger charge is 2.27. The molecule has 1 aliphatic heterocycles. The summed E-state index contributed by atoms with van der Waals surface area (Å²) in [6, 6.07) is 8.29. The number of para-hydroxylation sites is 1. The summed E-state index contributed by atoms with van der Waals surface area (Å²) in [5, 5.41) is 6.80. The molecule has 0 aromatic heterocycles. The third kappa shape index (κ3) is 8.40. The van der Waals surface area contributed by atoms with Gasteiger partial charge in [-0.2, -0.15) is 0 Å². The van der Waals surface area contributed by atoms with Gasteiger partial charge in [0, 0.05) is 37.2 Å². The number of nitrogens with zero attached hydrogens (tertiary/aromatic N) is 2. The number of rotatable bonds is 8. The molecule has 0 aliphatic carbocycles. The quantitative estimate of drug-likeness (QED) is 0.315. The lowest BCUT2D eigenvalue weighted by molar-refractivity contribution is -0.133. The molecule has 1 atom stereocenters. The number of hydrogen-bond donors (Lipinski definition) is 2. The van der Waals surface area contributed by atoms with Gasteiger partial charge in [0.2, 0.25) is 5.91 Å². The Morgan fingerprint density at radius 3 is 2.66 bits per heavy atom. The van der Waals surface area contributed by atoms with Gasteiger partial charge in [-0.15, -0.1) is 24.0 Å². The molecule has 1 aromatic carbocycles. The van der Waals surface area contributed by atoms with Crippen LogP contribution in [0.3, 0.4) is 0 Å². The predicted octanol–water partition coefficient (Wildman–Crippen LogP) is 3.65. The van der Waals surface area contributed by atoms with Gasteiger partial charge in [0.15, 0.2) is 5.96 Å². The van der Waals surface area contributed by atoms with Gasteiger partial charge in [-0.05, 0) is 25.3 Å². The van der Waals surface area contributed by atoms with Crippen molar-refractivity contribution in [2.75, 3.05) is 26.2 Å². The number of benzene rings is 1. The van der Waals surface area contributed by atoms with Gasteiger partial charge in [0.25, 0.3) is 0 Å². The van der Waals surface area contributed by atoms with Crippen molar-refractivity contribution in [1.82, 2.24) is 15.5 Å². The SMILES string of the molecule is CCNC(=NCc1ccccc1OCC(C)C)NC1CCN(C(=O)C(C)C)C1.I. The maximum absolute atomic E-state index is 12.2. The fourth-order valence-electron chi connectivity index (χ4n) is 3.15. The van der Waals surface area contributed by atoms with Gasteiger partial charge in [-0.3, -0.25) is 4.79 Å². The predicted molar refractivity (Wildman–Crippen MR) is 130 cm³/mol. The van der Waals surface area contributed by atoms with Crippen LogP contribution < -0.4 is 15.4 Å². The number of nitrogens with one attached hydrogen (secondary N) is 2. The summed E-state index contributed by atoms with van der Waals surface area (Å²) in [7, 11) is 0. The first-order valence-electron chi connectivity index (χ1n) is 10.4. The number of likely N-dealkylation sites (tertiary alicyclic amines) is 1. The second-order valence-corrected chi connectivity index (χ2v) is 8.08. The van der Waals surface area contributed by atoms with Crippen LogP contribution in [0.2, 0.25) is 0 Å². The Morgan fingerprint density at radius 1 is 1.28 bits per heavy atom. The molecule has 29 heavy (non-hydrogen) atoms. The Bertz CT molecular complexity index is 664. The zero-order chi connectivity index (χ0) is 20.5.